The van der Waals surface area contributed by atoms with E-state index in [1.165, 1.54) is 32.1 Å². The van der Waals surface area contributed by atoms with Crippen molar-refractivity contribution < 1.29 is 4.79 Å². The molecule has 0 spiro atoms. The summed E-state index contributed by atoms with van der Waals surface area (Å²) in [7, 11) is 0. The van der Waals surface area contributed by atoms with Gasteiger partial charge in [-0.3, -0.25) is 10.6 Å². The van der Waals surface area contributed by atoms with Gasteiger partial charge in [-0.05, 0) is 49.4 Å². The Labute approximate surface area is 121 Å². The van der Waals surface area contributed by atoms with Crippen LogP contribution < -0.4 is 16.6 Å². The zero-order valence-electron chi connectivity index (χ0n) is 12.2. The van der Waals surface area contributed by atoms with Crippen molar-refractivity contribution in [3.8, 4) is 0 Å². The van der Waals surface area contributed by atoms with Gasteiger partial charge in [0, 0.05) is 12.1 Å². The highest BCUT2D eigenvalue weighted by Crippen LogP contribution is 2.28. The van der Waals surface area contributed by atoms with E-state index in [9.17, 15) is 4.79 Å². The van der Waals surface area contributed by atoms with Crippen LogP contribution in [0.15, 0.2) is 18.2 Å². The first-order valence-corrected chi connectivity index (χ1v) is 7.56. The predicted octanol–water partition coefficient (Wildman–Crippen LogP) is 2.98. The Balaban J connectivity index is 1.75. The van der Waals surface area contributed by atoms with Crippen LogP contribution in [0.1, 0.15) is 54.4 Å². The van der Waals surface area contributed by atoms with Gasteiger partial charge in [-0.2, -0.15) is 0 Å². The van der Waals surface area contributed by atoms with Crippen molar-refractivity contribution in [2.45, 2.75) is 45.4 Å². The lowest BCUT2D eigenvalue weighted by molar-refractivity contribution is 0.0952. The molecule has 0 heterocycles. The molecular formula is C16H25N3O. The molecule has 0 bridgehead atoms. The number of nitrogens with one attached hydrogen (secondary N) is 2. The molecule has 0 aromatic heterocycles. The Morgan fingerprint density at radius 2 is 2.10 bits per heavy atom. The first-order chi connectivity index (χ1) is 9.70. The maximum Gasteiger partial charge on any atom is 0.251 e. The molecule has 1 aromatic carbocycles. The lowest BCUT2D eigenvalue weighted by Crippen LogP contribution is -2.25. The van der Waals surface area contributed by atoms with Gasteiger partial charge in [0.2, 0.25) is 0 Å². The molecular weight excluding hydrogens is 250 g/mol. The number of hydrazine groups is 1. The van der Waals surface area contributed by atoms with E-state index in [4.69, 9.17) is 5.84 Å². The average Bonchev–Trinajstić information content (AvgIpc) is 2.96. The molecule has 0 saturated heterocycles. The molecule has 1 aromatic rings. The molecule has 4 N–H and O–H groups in total. The van der Waals surface area contributed by atoms with Crippen LogP contribution >= 0.6 is 0 Å². The number of aryl methyl sites for hydroxylation is 1. The third kappa shape index (κ3) is 3.97. The Bertz CT molecular complexity index is 453. The van der Waals surface area contributed by atoms with E-state index in [0.717, 1.165) is 30.1 Å². The topological polar surface area (TPSA) is 67.2 Å². The number of carbonyl (C=O) groups excluding carboxylic acids is 1. The maximum atomic E-state index is 12.0. The second-order valence-electron chi connectivity index (χ2n) is 5.72. The number of anilines is 1. The van der Waals surface area contributed by atoms with E-state index in [1.54, 1.807) is 6.07 Å². The van der Waals surface area contributed by atoms with Gasteiger partial charge in [-0.15, -0.1) is 0 Å². The Morgan fingerprint density at radius 1 is 1.35 bits per heavy atom. The largest absolute Gasteiger partial charge is 0.352 e. The highest BCUT2D eigenvalue weighted by molar-refractivity contribution is 5.94. The first kappa shape index (κ1) is 14.9. The molecule has 4 nitrogen and oxygen atoms in total. The molecule has 1 saturated carbocycles. The van der Waals surface area contributed by atoms with Crippen molar-refractivity contribution in [1.82, 2.24) is 5.32 Å². The molecule has 1 fully saturated rings. The summed E-state index contributed by atoms with van der Waals surface area (Å²) in [6.07, 6.45) is 7.85. The van der Waals surface area contributed by atoms with Crippen LogP contribution in [0.5, 0.6) is 0 Å². The van der Waals surface area contributed by atoms with Gasteiger partial charge in [-0.25, -0.2) is 0 Å². The number of nitrogens with two attached hydrogens (primary N) is 1. The average molecular weight is 275 g/mol. The lowest BCUT2D eigenvalue weighted by Gasteiger charge is -2.10. The van der Waals surface area contributed by atoms with Gasteiger partial charge in [0.1, 0.15) is 0 Å². The minimum atomic E-state index is 0.00286. The van der Waals surface area contributed by atoms with Crippen molar-refractivity contribution in [2.75, 3.05) is 12.0 Å². The van der Waals surface area contributed by atoms with E-state index >= 15 is 0 Å². The molecule has 4 heteroatoms. The summed E-state index contributed by atoms with van der Waals surface area (Å²) in [5, 5.41) is 3.00. The summed E-state index contributed by atoms with van der Waals surface area (Å²) in [5.74, 6) is 6.28. The standard InChI is InChI=1S/C16H25N3O/c1-12-11-14(8-9-15(12)19-17)16(20)18-10-4-7-13-5-2-3-6-13/h8-9,11,13,19H,2-7,10,17H2,1H3,(H,18,20). The SMILES string of the molecule is Cc1cc(C(=O)NCCCC2CCCC2)ccc1NN. The molecule has 110 valence electrons. The molecule has 0 atom stereocenters. The molecule has 1 aliphatic rings. The molecule has 0 aliphatic heterocycles. The van der Waals surface area contributed by atoms with Crippen molar-refractivity contribution >= 4 is 11.6 Å². The third-order valence-electron chi connectivity index (χ3n) is 4.19. The van der Waals surface area contributed by atoms with Crippen molar-refractivity contribution in [3.05, 3.63) is 29.3 Å². The van der Waals surface area contributed by atoms with E-state index in [2.05, 4.69) is 10.7 Å². The fourth-order valence-corrected chi connectivity index (χ4v) is 2.96. The van der Waals surface area contributed by atoms with Crippen LogP contribution in [-0.4, -0.2) is 12.5 Å². The van der Waals surface area contributed by atoms with Gasteiger partial charge in [0.05, 0.1) is 5.69 Å². The molecule has 0 radical (unpaired) electrons. The van der Waals surface area contributed by atoms with Crippen molar-refractivity contribution in [2.24, 2.45) is 11.8 Å². The summed E-state index contributed by atoms with van der Waals surface area (Å²) >= 11 is 0. The van der Waals surface area contributed by atoms with Crippen LogP contribution in [0.25, 0.3) is 0 Å². The Morgan fingerprint density at radius 3 is 2.75 bits per heavy atom. The zero-order chi connectivity index (χ0) is 14.4. The summed E-state index contributed by atoms with van der Waals surface area (Å²) in [6.45, 7) is 2.71. The highest BCUT2D eigenvalue weighted by atomic mass is 16.1. The molecule has 1 amide bonds. The van der Waals surface area contributed by atoms with Gasteiger partial charge >= 0.3 is 0 Å². The third-order valence-corrected chi connectivity index (χ3v) is 4.19. The van der Waals surface area contributed by atoms with Crippen LogP contribution in [0.2, 0.25) is 0 Å². The van der Waals surface area contributed by atoms with Crippen LogP contribution in [-0.2, 0) is 0 Å². The fraction of sp³-hybridized carbons (Fsp3) is 0.562. The minimum Gasteiger partial charge on any atom is -0.352 e. The van der Waals surface area contributed by atoms with Crippen molar-refractivity contribution in [1.29, 1.82) is 0 Å². The molecule has 20 heavy (non-hydrogen) atoms. The van der Waals surface area contributed by atoms with Gasteiger partial charge < -0.3 is 10.7 Å². The number of benzene rings is 1. The maximum absolute atomic E-state index is 12.0. The van der Waals surface area contributed by atoms with E-state index in [1.807, 2.05) is 19.1 Å². The smallest absolute Gasteiger partial charge is 0.251 e. The second kappa shape index (κ2) is 7.29. The zero-order valence-corrected chi connectivity index (χ0v) is 12.2. The first-order valence-electron chi connectivity index (χ1n) is 7.56. The molecule has 1 aliphatic carbocycles. The van der Waals surface area contributed by atoms with Gasteiger partial charge in [0.15, 0.2) is 0 Å². The number of amides is 1. The number of hydrogen-bond donors (Lipinski definition) is 3. The number of carbonyl (C=O) groups is 1. The van der Waals surface area contributed by atoms with E-state index < -0.39 is 0 Å². The van der Waals surface area contributed by atoms with E-state index in [0.29, 0.717) is 5.56 Å². The van der Waals surface area contributed by atoms with Gasteiger partial charge in [-0.1, -0.05) is 25.7 Å². The normalized spacial score (nSPS) is 15.3. The lowest BCUT2D eigenvalue weighted by atomic mass is 10.0. The minimum absolute atomic E-state index is 0.00286. The summed E-state index contributed by atoms with van der Waals surface area (Å²) in [4.78, 5) is 12.0. The van der Waals surface area contributed by atoms with Crippen LogP contribution in [0, 0.1) is 12.8 Å². The Kier molecular flexibility index (Phi) is 5.41. The van der Waals surface area contributed by atoms with E-state index in [-0.39, 0.29) is 5.91 Å². The van der Waals surface area contributed by atoms with Crippen LogP contribution in [0.4, 0.5) is 5.69 Å². The van der Waals surface area contributed by atoms with Crippen LogP contribution in [0.3, 0.4) is 0 Å². The summed E-state index contributed by atoms with van der Waals surface area (Å²) < 4.78 is 0. The predicted molar refractivity (Wildman–Crippen MR) is 82.5 cm³/mol. The quantitative estimate of drug-likeness (QED) is 0.425. The number of nitrogen functional groups attached to an aromatic ring is 1. The second-order valence-corrected chi connectivity index (χ2v) is 5.72. The number of hydrogen-bond acceptors (Lipinski definition) is 3. The fourth-order valence-electron chi connectivity index (χ4n) is 2.96. The highest BCUT2D eigenvalue weighted by Gasteiger charge is 2.14. The molecule has 2 rings (SSSR count). The monoisotopic (exact) mass is 275 g/mol. The Hall–Kier alpha value is -1.55. The number of rotatable bonds is 6. The summed E-state index contributed by atoms with van der Waals surface area (Å²) in [6, 6.07) is 5.50. The molecule has 0 unspecified atom stereocenters. The summed E-state index contributed by atoms with van der Waals surface area (Å²) in [5.41, 5.74) is 5.14. The van der Waals surface area contributed by atoms with Gasteiger partial charge in [0.25, 0.3) is 5.91 Å². The van der Waals surface area contributed by atoms with Crippen molar-refractivity contribution in [3.63, 3.8) is 0 Å².